The second-order valence-electron chi connectivity index (χ2n) is 8.75. The molecule has 1 amide bonds. The third-order valence-electron chi connectivity index (χ3n) is 6.78. The highest BCUT2D eigenvalue weighted by molar-refractivity contribution is 5.96. The zero-order valence-electron chi connectivity index (χ0n) is 17.6. The summed E-state index contributed by atoms with van der Waals surface area (Å²) in [7, 11) is 0. The molecule has 0 atom stereocenters. The smallest absolute Gasteiger partial charge is 0.254 e. The topological polar surface area (TPSA) is 58.6 Å². The zero-order valence-corrected chi connectivity index (χ0v) is 17.6. The zero-order chi connectivity index (χ0) is 21.7. The molecule has 7 heteroatoms. The fourth-order valence-corrected chi connectivity index (χ4v) is 4.81. The second kappa shape index (κ2) is 7.38. The summed E-state index contributed by atoms with van der Waals surface area (Å²) in [6.07, 6.45) is 5.59. The molecule has 2 fully saturated rings. The first-order valence-electron chi connectivity index (χ1n) is 11.0. The van der Waals surface area contributed by atoms with Gasteiger partial charge in [-0.1, -0.05) is 24.3 Å². The lowest BCUT2D eigenvalue weighted by Gasteiger charge is -2.27. The van der Waals surface area contributed by atoms with Gasteiger partial charge in [0.1, 0.15) is 5.82 Å². The van der Waals surface area contributed by atoms with E-state index in [0.29, 0.717) is 48.9 Å². The molecular formula is C25H23FN4O2. The maximum atomic E-state index is 14.1. The van der Waals surface area contributed by atoms with E-state index in [0.717, 1.165) is 25.1 Å². The summed E-state index contributed by atoms with van der Waals surface area (Å²) in [5.41, 5.74) is 4.19. The van der Waals surface area contributed by atoms with Gasteiger partial charge < -0.3 is 14.5 Å². The van der Waals surface area contributed by atoms with Crippen LogP contribution in [0.1, 0.15) is 28.8 Å². The van der Waals surface area contributed by atoms with Gasteiger partial charge in [-0.25, -0.2) is 14.4 Å². The summed E-state index contributed by atoms with van der Waals surface area (Å²) >= 11 is 0. The first-order chi connectivity index (χ1) is 15.6. The Hall–Kier alpha value is -3.32. The van der Waals surface area contributed by atoms with Crippen LogP contribution in [0.25, 0.3) is 11.1 Å². The van der Waals surface area contributed by atoms with Crippen molar-refractivity contribution in [2.75, 3.05) is 37.7 Å². The van der Waals surface area contributed by atoms with Crippen LogP contribution in [0.15, 0.2) is 54.9 Å². The highest BCUT2D eigenvalue weighted by atomic mass is 19.1. The first kappa shape index (κ1) is 19.4. The maximum absolute atomic E-state index is 14.1. The van der Waals surface area contributed by atoms with Crippen molar-refractivity contribution in [1.82, 2.24) is 14.9 Å². The average molecular weight is 430 g/mol. The van der Waals surface area contributed by atoms with Crippen LogP contribution < -0.4 is 4.90 Å². The van der Waals surface area contributed by atoms with Gasteiger partial charge in [-0.3, -0.25) is 4.79 Å². The molecule has 0 N–H and O–H groups in total. The standard InChI is InChI=1S/C25H23FN4O2/c26-21-4-2-1-3-19(21)18-14-27-24(28-15-18)30-16-25(7-8-25)20-6-5-17(13-22(20)30)23(31)29-9-11-32-12-10-29/h1-6,13-15H,7-12,16H2. The molecule has 1 aliphatic carbocycles. The summed E-state index contributed by atoms with van der Waals surface area (Å²) in [4.78, 5) is 26.1. The van der Waals surface area contributed by atoms with E-state index in [-0.39, 0.29) is 17.1 Å². The molecule has 0 radical (unpaired) electrons. The van der Waals surface area contributed by atoms with Crippen molar-refractivity contribution < 1.29 is 13.9 Å². The van der Waals surface area contributed by atoms with Gasteiger partial charge in [-0.15, -0.1) is 0 Å². The van der Waals surface area contributed by atoms with Crippen LogP contribution in [0.3, 0.4) is 0 Å². The second-order valence-corrected chi connectivity index (χ2v) is 8.75. The number of fused-ring (bicyclic) bond motifs is 2. The normalized spacial score (nSPS) is 18.7. The SMILES string of the molecule is O=C(c1ccc2c(c1)N(c1ncc(-c3ccccc3F)cn1)CC21CC1)N1CCOCC1. The number of ether oxygens (including phenoxy) is 1. The average Bonchev–Trinajstić information content (AvgIpc) is 3.56. The molecule has 3 aliphatic rings. The molecule has 1 spiro atoms. The lowest BCUT2D eigenvalue weighted by Crippen LogP contribution is -2.40. The molecule has 162 valence electrons. The summed E-state index contributed by atoms with van der Waals surface area (Å²) in [6.45, 7) is 3.19. The van der Waals surface area contributed by atoms with E-state index >= 15 is 0 Å². The number of morpholine rings is 1. The molecule has 0 unspecified atom stereocenters. The van der Waals surface area contributed by atoms with Gasteiger partial charge in [-0.2, -0.15) is 0 Å². The van der Waals surface area contributed by atoms with E-state index in [1.54, 1.807) is 30.6 Å². The van der Waals surface area contributed by atoms with E-state index in [4.69, 9.17) is 4.74 Å². The molecule has 3 aromatic rings. The lowest BCUT2D eigenvalue weighted by atomic mass is 9.97. The third-order valence-corrected chi connectivity index (χ3v) is 6.78. The number of amides is 1. The van der Waals surface area contributed by atoms with Gasteiger partial charge in [0.25, 0.3) is 5.91 Å². The van der Waals surface area contributed by atoms with E-state index in [1.165, 1.54) is 11.6 Å². The number of hydrogen-bond donors (Lipinski definition) is 0. The predicted molar refractivity (Wildman–Crippen MR) is 119 cm³/mol. The van der Waals surface area contributed by atoms with Crippen LogP contribution in [-0.4, -0.2) is 53.6 Å². The predicted octanol–water partition coefficient (Wildman–Crippen LogP) is 3.94. The van der Waals surface area contributed by atoms with E-state index in [1.807, 2.05) is 17.0 Å². The van der Waals surface area contributed by atoms with E-state index in [2.05, 4.69) is 20.9 Å². The van der Waals surface area contributed by atoms with Crippen LogP contribution in [0.5, 0.6) is 0 Å². The van der Waals surface area contributed by atoms with Crippen LogP contribution in [-0.2, 0) is 10.2 Å². The van der Waals surface area contributed by atoms with Crippen molar-refractivity contribution in [2.45, 2.75) is 18.3 Å². The Morgan fingerprint density at radius 1 is 1.03 bits per heavy atom. The number of carbonyl (C=O) groups is 1. The Kier molecular flexibility index (Phi) is 4.47. The molecule has 6 rings (SSSR count). The minimum absolute atomic E-state index is 0.0311. The number of aromatic nitrogens is 2. The number of hydrogen-bond acceptors (Lipinski definition) is 5. The molecular weight excluding hydrogens is 407 g/mol. The number of carbonyl (C=O) groups excluding carboxylic acids is 1. The largest absolute Gasteiger partial charge is 0.378 e. The van der Waals surface area contributed by atoms with Crippen LogP contribution >= 0.6 is 0 Å². The summed E-state index contributed by atoms with van der Waals surface area (Å²) in [5.74, 6) is 0.313. The Morgan fingerprint density at radius 2 is 1.78 bits per heavy atom. The fraction of sp³-hybridized carbons (Fsp3) is 0.320. The Labute approximate surface area is 185 Å². The van der Waals surface area contributed by atoms with Crippen molar-refractivity contribution in [3.05, 3.63) is 71.8 Å². The Bertz CT molecular complexity index is 1190. The number of rotatable bonds is 3. The van der Waals surface area contributed by atoms with Crippen LogP contribution in [0.4, 0.5) is 16.0 Å². The quantitative estimate of drug-likeness (QED) is 0.630. The van der Waals surface area contributed by atoms with Crippen molar-refractivity contribution in [2.24, 2.45) is 0 Å². The third kappa shape index (κ3) is 3.15. The molecule has 1 aromatic heterocycles. The molecule has 2 aromatic carbocycles. The van der Waals surface area contributed by atoms with Gasteiger partial charge in [0.05, 0.1) is 13.2 Å². The molecule has 6 nitrogen and oxygen atoms in total. The molecule has 2 aliphatic heterocycles. The maximum Gasteiger partial charge on any atom is 0.254 e. The molecule has 1 saturated heterocycles. The van der Waals surface area contributed by atoms with E-state index in [9.17, 15) is 9.18 Å². The van der Waals surface area contributed by atoms with Crippen molar-refractivity contribution >= 4 is 17.5 Å². The van der Waals surface area contributed by atoms with Gasteiger partial charge in [0, 0.05) is 59.8 Å². The van der Waals surface area contributed by atoms with Crippen LogP contribution in [0.2, 0.25) is 0 Å². The lowest BCUT2D eigenvalue weighted by molar-refractivity contribution is 0.0303. The number of halogens is 1. The van der Waals surface area contributed by atoms with Crippen molar-refractivity contribution in [3.8, 4) is 11.1 Å². The minimum Gasteiger partial charge on any atom is -0.378 e. The highest BCUT2D eigenvalue weighted by Crippen LogP contribution is 2.57. The number of anilines is 2. The Balaban J connectivity index is 1.33. The summed E-state index contributed by atoms with van der Waals surface area (Å²) in [6, 6.07) is 12.7. The molecule has 32 heavy (non-hydrogen) atoms. The van der Waals surface area contributed by atoms with Crippen molar-refractivity contribution in [1.29, 1.82) is 0 Å². The first-order valence-corrected chi connectivity index (χ1v) is 11.0. The monoisotopic (exact) mass is 430 g/mol. The number of nitrogens with zero attached hydrogens (tertiary/aromatic N) is 4. The Morgan fingerprint density at radius 3 is 2.50 bits per heavy atom. The van der Waals surface area contributed by atoms with Gasteiger partial charge in [0.15, 0.2) is 0 Å². The minimum atomic E-state index is -0.293. The van der Waals surface area contributed by atoms with Crippen LogP contribution in [0, 0.1) is 5.82 Å². The fourth-order valence-electron chi connectivity index (χ4n) is 4.81. The van der Waals surface area contributed by atoms with Gasteiger partial charge in [-0.05, 0) is 36.6 Å². The molecule has 1 saturated carbocycles. The van der Waals surface area contributed by atoms with Gasteiger partial charge in [0.2, 0.25) is 5.95 Å². The molecule has 3 heterocycles. The summed E-state index contributed by atoms with van der Waals surface area (Å²) in [5, 5.41) is 0. The highest BCUT2D eigenvalue weighted by Gasteiger charge is 2.52. The van der Waals surface area contributed by atoms with Gasteiger partial charge >= 0.3 is 0 Å². The molecule has 0 bridgehead atoms. The van der Waals surface area contributed by atoms with E-state index < -0.39 is 0 Å². The summed E-state index contributed by atoms with van der Waals surface area (Å²) < 4.78 is 19.5. The number of benzene rings is 2. The van der Waals surface area contributed by atoms with Crippen molar-refractivity contribution in [3.63, 3.8) is 0 Å².